The lowest BCUT2D eigenvalue weighted by molar-refractivity contribution is -0.167. The molecular weight excluding hydrogens is 973 g/mol. The number of rotatable bonds is 63. The van der Waals surface area contributed by atoms with Gasteiger partial charge in [0.25, 0.3) is 0 Å². The molecule has 0 aliphatic heterocycles. The van der Waals surface area contributed by atoms with Gasteiger partial charge in [0.05, 0.1) is 0 Å². The molecule has 0 aliphatic carbocycles. The van der Waals surface area contributed by atoms with Gasteiger partial charge in [-0.1, -0.05) is 338 Å². The molecule has 6 heteroatoms. The van der Waals surface area contributed by atoms with Crippen molar-refractivity contribution in [3.05, 3.63) is 72.9 Å². The third kappa shape index (κ3) is 65.5. The van der Waals surface area contributed by atoms with Gasteiger partial charge in [-0.2, -0.15) is 0 Å². The SMILES string of the molecule is CC/C=C\C/C=C\C/C=C\C/C=C\C/C=C\C/C=C\CCCCCCCCCCC(=O)OCC(COC(=O)CCCCCCCCCC)OC(=O)CCCCCCCCCCCCCCCCCCCCCCCCCCCC. The third-order valence-electron chi connectivity index (χ3n) is 15.2. The summed E-state index contributed by atoms with van der Waals surface area (Å²) in [5, 5.41) is 0. The van der Waals surface area contributed by atoms with Crippen LogP contribution in [-0.2, 0) is 28.6 Å². The molecule has 0 aromatic carbocycles. The summed E-state index contributed by atoms with van der Waals surface area (Å²) in [7, 11) is 0. The van der Waals surface area contributed by atoms with Crippen LogP contribution in [0.4, 0.5) is 0 Å². The van der Waals surface area contributed by atoms with Crippen molar-refractivity contribution in [3.8, 4) is 0 Å². The third-order valence-corrected chi connectivity index (χ3v) is 15.2. The number of carbonyl (C=O) groups excluding carboxylic acids is 3. The van der Waals surface area contributed by atoms with Crippen LogP contribution in [-0.4, -0.2) is 37.2 Å². The smallest absolute Gasteiger partial charge is 0.306 e. The van der Waals surface area contributed by atoms with E-state index in [1.165, 1.54) is 212 Å². The minimum atomic E-state index is -0.776. The van der Waals surface area contributed by atoms with E-state index in [2.05, 4.69) is 93.7 Å². The first-order valence-corrected chi connectivity index (χ1v) is 34.4. The number of unbranched alkanes of at least 4 members (excludes halogenated alkanes) is 40. The number of esters is 3. The van der Waals surface area contributed by atoms with Gasteiger partial charge < -0.3 is 14.2 Å². The fraction of sp³-hybridized carbons (Fsp3) is 0.795. The highest BCUT2D eigenvalue weighted by Crippen LogP contribution is 2.18. The summed E-state index contributed by atoms with van der Waals surface area (Å²) in [5.41, 5.74) is 0. The van der Waals surface area contributed by atoms with Gasteiger partial charge in [0.2, 0.25) is 0 Å². The largest absolute Gasteiger partial charge is 0.462 e. The van der Waals surface area contributed by atoms with Crippen molar-refractivity contribution >= 4 is 17.9 Å². The molecule has 6 nitrogen and oxygen atoms in total. The summed E-state index contributed by atoms with van der Waals surface area (Å²) in [6.45, 7) is 6.54. The molecular formula is C73H130O6. The lowest BCUT2D eigenvalue weighted by Gasteiger charge is -2.18. The fourth-order valence-corrected chi connectivity index (χ4v) is 10.1. The zero-order chi connectivity index (χ0) is 57.1. The Labute approximate surface area is 491 Å². The molecule has 0 fully saturated rings. The topological polar surface area (TPSA) is 78.9 Å². The average Bonchev–Trinajstić information content (AvgIpc) is 3.45. The summed E-state index contributed by atoms with van der Waals surface area (Å²) in [5.74, 6) is -0.868. The average molecular weight is 1100 g/mol. The Morgan fingerprint density at radius 3 is 0.772 bits per heavy atom. The number of ether oxygens (including phenoxy) is 3. The molecule has 0 saturated heterocycles. The Morgan fingerprint density at radius 2 is 0.494 bits per heavy atom. The highest BCUT2D eigenvalue weighted by Gasteiger charge is 2.19. The summed E-state index contributed by atoms with van der Waals surface area (Å²) in [6.07, 6.45) is 88.0. The van der Waals surface area contributed by atoms with Gasteiger partial charge in [-0.05, 0) is 70.6 Å². The van der Waals surface area contributed by atoms with Crippen molar-refractivity contribution in [1.29, 1.82) is 0 Å². The number of allylic oxidation sites excluding steroid dienone is 12. The molecule has 0 aliphatic rings. The highest BCUT2D eigenvalue weighted by molar-refractivity contribution is 5.71. The van der Waals surface area contributed by atoms with E-state index in [-0.39, 0.29) is 31.1 Å². The molecule has 458 valence electrons. The van der Waals surface area contributed by atoms with Gasteiger partial charge in [-0.25, -0.2) is 0 Å². The minimum absolute atomic E-state index is 0.0736. The predicted octanol–water partition coefficient (Wildman–Crippen LogP) is 23.7. The molecule has 79 heavy (non-hydrogen) atoms. The molecule has 1 unspecified atom stereocenters. The van der Waals surface area contributed by atoms with E-state index in [9.17, 15) is 14.4 Å². The van der Waals surface area contributed by atoms with E-state index in [0.717, 1.165) is 103 Å². The molecule has 0 N–H and O–H groups in total. The number of hydrogen-bond donors (Lipinski definition) is 0. The maximum absolute atomic E-state index is 12.9. The quantitative estimate of drug-likeness (QED) is 0.0261. The maximum Gasteiger partial charge on any atom is 0.306 e. The highest BCUT2D eigenvalue weighted by atomic mass is 16.6. The second-order valence-corrected chi connectivity index (χ2v) is 23.1. The number of hydrogen-bond acceptors (Lipinski definition) is 6. The first-order chi connectivity index (χ1) is 39.0. The summed E-state index contributed by atoms with van der Waals surface area (Å²) < 4.78 is 16.9. The van der Waals surface area contributed by atoms with Gasteiger partial charge in [0.15, 0.2) is 6.10 Å². The van der Waals surface area contributed by atoms with Crippen LogP contribution in [0.15, 0.2) is 72.9 Å². The van der Waals surface area contributed by atoms with Crippen LogP contribution < -0.4 is 0 Å². The second kappa shape index (κ2) is 67.4. The van der Waals surface area contributed by atoms with Crippen molar-refractivity contribution in [1.82, 2.24) is 0 Å². The van der Waals surface area contributed by atoms with Crippen molar-refractivity contribution in [2.75, 3.05) is 13.2 Å². The van der Waals surface area contributed by atoms with Crippen LogP contribution in [0.5, 0.6) is 0 Å². The summed E-state index contributed by atoms with van der Waals surface area (Å²) >= 11 is 0. The van der Waals surface area contributed by atoms with Crippen LogP contribution in [0, 0.1) is 0 Å². The van der Waals surface area contributed by atoms with Crippen LogP contribution in [0.2, 0.25) is 0 Å². The van der Waals surface area contributed by atoms with Crippen LogP contribution in [0.1, 0.15) is 355 Å². The predicted molar refractivity (Wildman–Crippen MR) is 344 cm³/mol. The first kappa shape index (κ1) is 75.8. The van der Waals surface area contributed by atoms with Gasteiger partial charge in [0.1, 0.15) is 13.2 Å². The van der Waals surface area contributed by atoms with Crippen molar-refractivity contribution < 1.29 is 28.6 Å². The van der Waals surface area contributed by atoms with Crippen molar-refractivity contribution in [2.24, 2.45) is 0 Å². The van der Waals surface area contributed by atoms with Crippen molar-refractivity contribution in [2.45, 2.75) is 361 Å². The Balaban J connectivity index is 4.13. The normalized spacial score (nSPS) is 12.5. The molecule has 0 amide bonds. The van der Waals surface area contributed by atoms with E-state index in [0.29, 0.717) is 19.3 Å². The van der Waals surface area contributed by atoms with Gasteiger partial charge in [0, 0.05) is 19.3 Å². The summed E-state index contributed by atoms with van der Waals surface area (Å²) in [4.78, 5) is 38.2. The van der Waals surface area contributed by atoms with Gasteiger partial charge in [-0.3, -0.25) is 14.4 Å². The second-order valence-electron chi connectivity index (χ2n) is 23.1. The van der Waals surface area contributed by atoms with Crippen molar-refractivity contribution in [3.63, 3.8) is 0 Å². The van der Waals surface area contributed by atoms with Crippen LogP contribution in [0.3, 0.4) is 0 Å². The standard InChI is InChI=1S/C73H130O6/c1-4-7-10-13-16-19-21-23-25-27-29-31-33-35-37-39-40-42-44-46-48-50-52-54-57-60-63-66-72(75)78-69-70(68-77-71(74)65-62-59-56-18-15-12-9-6-3)79-73(76)67-64-61-58-55-53-51-49-47-45-43-41-38-36-34-32-30-28-26-24-22-20-17-14-11-8-5-2/h7,10,16,19,23,25,29,31,35,37,40,42,70H,4-6,8-9,11-15,17-18,20-22,24,26-28,30,32-34,36,38-39,41,43-69H2,1-3H3/b10-7-,19-16-,25-23-,31-29-,37-35-,42-40-. The summed E-state index contributed by atoms with van der Waals surface area (Å²) in [6, 6.07) is 0. The molecule has 0 aromatic heterocycles. The van der Waals surface area contributed by atoms with Crippen LogP contribution in [0.25, 0.3) is 0 Å². The molecule has 0 bridgehead atoms. The molecule has 0 heterocycles. The fourth-order valence-electron chi connectivity index (χ4n) is 10.1. The molecule has 0 saturated carbocycles. The Bertz CT molecular complexity index is 1450. The Kier molecular flexibility index (Phi) is 64.7. The van der Waals surface area contributed by atoms with E-state index >= 15 is 0 Å². The van der Waals surface area contributed by atoms with Crippen LogP contribution >= 0.6 is 0 Å². The van der Waals surface area contributed by atoms with E-state index in [4.69, 9.17) is 14.2 Å². The first-order valence-electron chi connectivity index (χ1n) is 34.4. The Hall–Kier alpha value is -3.15. The lowest BCUT2D eigenvalue weighted by atomic mass is 10.0. The lowest BCUT2D eigenvalue weighted by Crippen LogP contribution is -2.30. The Morgan fingerprint density at radius 1 is 0.266 bits per heavy atom. The maximum atomic E-state index is 12.9. The molecule has 1 atom stereocenters. The minimum Gasteiger partial charge on any atom is -0.462 e. The zero-order valence-electron chi connectivity index (χ0n) is 52.6. The van der Waals surface area contributed by atoms with Gasteiger partial charge >= 0.3 is 17.9 Å². The van der Waals surface area contributed by atoms with E-state index < -0.39 is 6.10 Å². The van der Waals surface area contributed by atoms with E-state index in [1.54, 1.807) is 0 Å². The zero-order valence-corrected chi connectivity index (χ0v) is 52.6. The van der Waals surface area contributed by atoms with E-state index in [1.807, 2.05) is 0 Å². The monoisotopic (exact) mass is 1100 g/mol. The van der Waals surface area contributed by atoms with Gasteiger partial charge in [-0.15, -0.1) is 0 Å². The molecule has 0 rings (SSSR count). The molecule has 0 spiro atoms. The molecule has 0 radical (unpaired) electrons. The molecule has 0 aromatic rings. The number of carbonyl (C=O) groups is 3.